The van der Waals surface area contributed by atoms with Gasteiger partial charge in [0, 0.05) is 20.1 Å². The highest BCUT2D eigenvalue weighted by Gasteiger charge is 2.23. The van der Waals surface area contributed by atoms with E-state index in [0.717, 1.165) is 17.4 Å². The Bertz CT molecular complexity index is 393. The van der Waals surface area contributed by atoms with Crippen molar-refractivity contribution in [1.82, 2.24) is 9.88 Å². The molecule has 1 aromatic rings. The second-order valence-corrected chi connectivity index (χ2v) is 6.00. The Morgan fingerprint density at radius 2 is 2.05 bits per heavy atom. The summed E-state index contributed by atoms with van der Waals surface area (Å²) in [6.07, 6.45) is 4.53. The summed E-state index contributed by atoms with van der Waals surface area (Å²) in [5.41, 5.74) is 1.13. The second kappa shape index (κ2) is 6.93. The fraction of sp³-hybridized carbons (Fsp3) is 0.688. The minimum atomic E-state index is 0.515. The van der Waals surface area contributed by atoms with Gasteiger partial charge in [-0.25, -0.2) is 4.98 Å². The lowest BCUT2D eigenvalue weighted by atomic mass is 9.90. The summed E-state index contributed by atoms with van der Waals surface area (Å²) in [4.78, 5) is 9.02. The van der Waals surface area contributed by atoms with Gasteiger partial charge in [-0.2, -0.15) is 0 Å². The number of anilines is 2. The van der Waals surface area contributed by atoms with Crippen molar-refractivity contribution in [2.75, 3.05) is 43.9 Å². The lowest BCUT2D eigenvalue weighted by molar-refractivity contribution is 0.183. The average Bonchev–Trinajstić information content (AvgIpc) is 2.48. The molecule has 0 radical (unpaired) electrons. The van der Waals surface area contributed by atoms with Crippen LogP contribution in [-0.4, -0.2) is 49.7 Å². The molecule has 4 nitrogen and oxygen atoms in total. The second-order valence-electron chi connectivity index (χ2n) is 6.00. The maximum absolute atomic E-state index is 4.46. The van der Waals surface area contributed by atoms with E-state index in [4.69, 9.17) is 0 Å². The Kier molecular flexibility index (Phi) is 5.24. The van der Waals surface area contributed by atoms with Crippen LogP contribution in [0.25, 0.3) is 0 Å². The SMILES string of the molecule is CCN1CCC(C(C)Nc2ccc(N(C)C)nc2)CC1. The van der Waals surface area contributed by atoms with Crippen molar-refractivity contribution >= 4 is 11.5 Å². The molecule has 2 rings (SSSR count). The van der Waals surface area contributed by atoms with Gasteiger partial charge in [-0.05, 0) is 57.5 Å². The lowest BCUT2D eigenvalue weighted by Crippen LogP contribution is -2.39. The average molecular weight is 276 g/mol. The molecule has 4 heteroatoms. The maximum Gasteiger partial charge on any atom is 0.128 e. The summed E-state index contributed by atoms with van der Waals surface area (Å²) in [5.74, 6) is 1.77. The van der Waals surface area contributed by atoms with Gasteiger partial charge < -0.3 is 15.1 Å². The van der Waals surface area contributed by atoms with E-state index in [0.29, 0.717) is 6.04 Å². The van der Waals surface area contributed by atoms with Gasteiger partial charge in [-0.1, -0.05) is 6.92 Å². The molecular weight excluding hydrogens is 248 g/mol. The number of hydrogen-bond acceptors (Lipinski definition) is 4. The molecule has 0 bridgehead atoms. The van der Waals surface area contributed by atoms with E-state index < -0.39 is 0 Å². The van der Waals surface area contributed by atoms with Crippen molar-refractivity contribution in [1.29, 1.82) is 0 Å². The molecule has 1 N–H and O–H groups in total. The van der Waals surface area contributed by atoms with Gasteiger partial charge in [0.2, 0.25) is 0 Å². The minimum absolute atomic E-state index is 0.515. The first kappa shape index (κ1) is 15.1. The maximum atomic E-state index is 4.46. The van der Waals surface area contributed by atoms with Crippen LogP contribution in [-0.2, 0) is 0 Å². The zero-order valence-electron chi connectivity index (χ0n) is 13.3. The van der Waals surface area contributed by atoms with Crippen LogP contribution in [0, 0.1) is 5.92 Å². The Morgan fingerprint density at radius 3 is 2.55 bits per heavy atom. The molecule has 1 aliphatic heterocycles. The van der Waals surface area contributed by atoms with Crippen LogP contribution in [0.3, 0.4) is 0 Å². The van der Waals surface area contributed by atoms with Gasteiger partial charge in [-0.3, -0.25) is 0 Å². The zero-order valence-corrected chi connectivity index (χ0v) is 13.3. The molecule has 0 amide bonds. The van der Waals surface area contributed by atoms with Crippen molar-refractivity contribution in [3.05, 3.63) is 18.3 Å². The molecule has 20 heavy (non-hydrogen) atoms. The third kappa shape index (κ3) is 3.85. The highest BCUT2D eigenvalue weighted by atomic mass is 15.1. The number of nitrogens with zero attached hydrogens (tertiary/aromatic N) is 3. The Hall–Kier alpha value is -1.29. The van der Waals surface area contributed by atoms with Crippen molar-refractivity contribution in [3.8, 4) is 0 Å². The number of piperidine rings is 1. The molecule has 1 aliphatic rings. The summed E-state index contributed by atoms with van der Waals surface area (Å²) in [6, 6.07) is 4.70. The van der Waals surface area contributed by atoms with Crippen molar-refractivity contribution < 1.29 is 0 Å². The molecule has 1 atom stereocenters. The van der Waals surface area contributed by atoms with Crippen LogP contribution < -0.4 is 10.2 Å². The third-order valence-corrected chi connectivity index (χ3v) is 4.39. The van der Waals surface area contributed by atoms with Crippen LogP contribution in [0.2, 0.25) is 0 Å². The van der Waals surface area contributed by atoms with Gasteiger partial charge in [0.1, 0.15) is 5.82 Å². The molecule has 112 valence electrons. The molecule has 0 aromatic carbocycles. The summed E-state index contributed by atoms with van der Waals surface area (Å²) in [7, 11) is 4.03. The van der Waals surface area contributed by atoms with E-state index in [2.05, 4.69) is 41.2 Å². The fourth-order valence-electron chi connectivity index (χ4n) is 2.89. The number of rotatable bonds is 5. The van der Waals surface area contributed by atoms with E-state index in [9.17, 15) is 0 Å². The largest absolute Gasteiger partial charge is 0.381 e. The molecule has 1 unspecified atom stereocenters. The first-order chi connectivity index (χ1) is 9.60. The van der Waals surface area contributed by atoms with Crippen LogP contribution in [0.15, 0.2) is 18.3 Å². The van der Waals surface area contributed by atoms with E-state index in [1.54, 1.807) is 0 Å². The van der Waals surface area contributed by atoms with E-state index >= 15 is 0 Å². The normalized spacial score (nSPS) is 18.8. The van der Waals surface area contributed by atoms with Crippen LogP contribution in [0.5, 0.6) is 0 Å². The highest BCUT2D eigenvalue weighted by molar-refractivity contribution is 5.48. The quantitative estimate of drug-likeness (QED) is 0.896. The van der Waals surface area contributed by atoms with Crippen molar-refractivity contribution in [3.63, 3.8) is 0 Å². The first-order valence-electron chi connectivity index (χ1n) is 7.72. The Balaban J connectivity index is 1.86. The molecule has 1 saturated heterocycles. The monoisotopic (exact) mass is 276 g/mol. The summed E-state index contributed by atoms with van der Waals surface area (Å²) in [5, 5.41) is 3.61. The summed E-state index contributed by atoms with van der Waals surface area (Å²) < 4.78 is 0. The number of hydrogen-bond donors (Lipinski definition) is 1. The molecule has 0 aliphatic carbocycles. The smallest absolute Gasteiger partial charge is 0.128 e. The number of aromatic nitrogens is 1. The van der Waals surface area contributed by atoms with E-state index in [-0.39, 0.29) is 0 Å². The Labute approximate surface area is 123 Å². The molecule has 0 saturated carbocycles. The third-order valence-electron chi connectivity index (χ3n) is 4.39. The summed E-state index contributed by atoms with van der Waals surface area (Å²) >= 11 is 0. The van der Waals surface area contributed by atoms with Crippen LogP contribution in [0.1, 0.15) is 26.7 Å². The number of nitrogens with one attached hydrogen (secondary N) is 1. The van der Waals surface area contributed by atoms with Crippen molar-refractivity contribution in [2.45, 2.75) is 32.7 Å². The van der Waals surface area contributed by atoms with Crippen LogP contribution in [0.4, 0.5) is 11.5 Å². The van der Waals surface area contributed by atoms with Gasteiger partial charge in [0.05, 0.1) is 11.9 Å². The standard InChI is InChI=1S/C16H28N4/c1-5-20-10-8-14(9-11-20)13(2)18-15-6-7-16(17-12-15)19(3)4/h6-7,12-14,18H,5,8-11H2,1-4H3. The molecule has 2 heterocycles. The molecular formula is C16H28N4. The van der Waals surface area contributed by atoms with Gasteiger partial charge >= 0.3 is 0 Å². The molecule has 1 aromatic heterocycles. The van der Waals surface area contributed by atoms with Crippen molar-refractivity contribution in [2.24, 2.45) is 5.92 Å². The number of pyridine rings is 1. The predicted molar refractivity (Wildman–Crippen MR) is 86.5 cm³/mol. The highest BCUT2D eigenvalue weighted by Crippen LogP contribution is 2.23. The predicted octanol–water partition coefficient (Wildman–Crippen LogP) is 2.68. The van der Waals surface area contributed by atoms with E-state index in [1.165, 1.54) is 32.5 Å². The Morgan fingerprint density at radius 1 is 1.35 bits per heavy atom. The number of likely N-dealkylation sites (tertiary alicyclic amines) is 1. The molecule has 0 spiro atoms. The summed E-state index contributed by atoms with van der Waals surface area (Å²) in [6.45, 7) is 8.21. The van der Waals surface area contributed by atoms with Gasteiger partial charge in [0.25, 0.3) is 0 Å². The zero-order chi connectivity index (χ0) is 14.5. The first-order valence-corrected chi connectivity index (χ1v) is 7.72. The van der Waals surface area contributed by atoms with Gasteiger partial charge in [-0.15, -0.1) is 0 Å². The minimum Gasteiger partial charge on any atom is -0.381 e. The fourth-order valence-corrected chi connectivity index (χ4v) is 2.89. The van der Waals surface area contributed by atoms with Crippen LogP contribution >= 0.6 is 0 Å². The van der Waals surface area contributed by atoms with E-state index in [1.807, 2.05) is 25.2 Å². The topological polar surface area (TPSA) is 31.4 Å². The van der Waals surface area contributed by atoms with Gasteiger partial charge in [0.15, 0.2) is 0 Å². The lowest BCUT2D eigenvalue weighted by Gasteiger charge is -2.34. The molecule has 1 fully saturated rings.